The fourth-order valence-corrected chi connectivity index (χ4v) is 2.41. The van der Waals surface area contributed by atoms with Crippen LogP contribution in [0.3, 0.4) is 0 Å². The minimum absolute atomic E-state index is 0.0292. The van der Waals surface area contributed by atoms with E-state index in [1.165, 1.54) is 6.07 Å². The van der Waals surface area contributed by atoms with Gasteiger partial charge in [-0.15, -0.1) is 0 Å². The molecular formula is C18H20N2O4. The molecule has 0 heterocycles. The van der Waals surface area contributed by atoms with E-state index >= 15 is 0 Å². The Morgan fingerprint density at radius 2 is 1.88 bits per heavy atom. The van der Waals surface area contributed by atoms with Crippen LogP contribution in [0.1, 0.15) is 31.0 Å². The maximum atomic E-state index is 12.2. The Morgan fingerprint density at radius 1 is 1.21 bits per heavy atom. The highest BCUT2D eigenvalue weighted by Gasteiger charge is 2.17. The molecule has 0 aromatic heterocycles. The van der Waals surface area contributed by atoms with E-state index in [4.69, 9.17) is 4.74 Å². The number of hydrogen-bond acceptors (Lipinski definition) is 4. The zero-order valence-corrected chi connectivity index (χ0v) is 13.7. The molecule has 1 N–H and O–H groups in total. The molecule has 24 heavy (non-hydrogen) atoms. The van der Waals surface area contributed by atoms with Gasteiger partial charge in [-0.2, -0.15) is 0 Å². The summed E-state index contributed by atoms with van der Waals surface area (Å²) in [5.41, 5.74) is 1.30. The molecule has 0 spiro atoms. The molecule has 0 saturated carbocycles. The smallest absolute Gasteiger partial charge is 0.273 e. The molecule has 0 radical (unpaired) electrons. The van der Waals surface area contributed by atoms with E-state index in [0.29, 0.717) is 12.2 Å². The van der Waals surface area contributed by atoms with Gasteiger partial charge in [-0.05, 0) is 31.5 Å². The number of nitrogens with one attached hydrogen (secondary N) is 1. The van der Waals surface area contributed by atoms with Crippen molar-refractivity contribution in [3.63, 3.8) is 0 Å². The van der Waals surface area contributed by atoms with Crippen molar-refractivity contribution in [3.05, 3.63) is 69.8 Å². The quantitative estimate of drug-likeness (QED) is 0.624. The first kappa shape index (κ1) is 17.5. The van der Waals surface area contributed by atoms with Crippen LogP contribution in [-0.4, -0.2) is 17.4 Å². The molecule has 0 fully saturated rings. The maximum absolute atomic E-state index is 12.2. The molecule has 2 rings (SSSR count). The van der Waals surface area contributed by atoms with Crippen molar-refractivity contribution in [3.8, 4) is 5.75 Å². The van der Waals surface area contributed by atoms with Gasteiger partial charge in [-0.3, -0.25) is 14.9 Å². The summed E-state index contributed by atoms with van der Waals surface area (Å²) in [6.45, 7) is 4.38. The third-order valence-electron chi connectivity index (χ3n) is 3.61. The van der Waals surface area contributed by atoms with Crippen LogP contribution in [0, 0.1) is 10.1 Å². The number of amides is 1. The van der Waals surface area contributed by atoms with Gasteiger partial charge in [-0.1, -0.05) is 30.3 Å². The van der Waals surface area contributed by atoms with Crippen LogP contribution in [0.15, 0.2) is 48.5 Å². The standard InChI is InChI=1S/C18H20N2O4/c1-3-24-16-10-8-14(9-11-16)13(2)19-18(21)12-15-6-4-5-7-17(15)20(22)23/h4-11,13H,3,12H2,1-2H3,(H,19,21)/t13-/m1/s1. The summed E-state index contributed by atoms with van der Waals surface area (Å²) < 4.78 is 5.39. The fraction of sp³-hybridized carbons (Fsp3) is 0.278. The normalized spacial score (nSPS) is 11.6. The van der Waals surface area contributed by atoms with Gasteiger partial charge >= 0.3 is 0 Å². The lowest BCUT2D eigenvalue weighted by atomic mass is 10.1. The summed E-state index contributed by atoms with van der Waals surface area (Å²) in [6, 6.07) is 13.6. The van der Waals surface area contributed by atoms with Gasteiger partial charge in [0, 0.05) is 11.6 Å². The number of nitro benzene ring substituents is 1. The maximum Gasteiger partial charge on any atom is 0.273 e. The number of nitrogens with zero attached hydrogens (tertiary/aromatic N) is 1. The van der Waals surface area contributed by atoms with Crippen LogP contribution in [0.25, 0.3) is 0 Å². The van der Waals surface area contributed by atoms with E-state index in [1.807, 2.05) is 38.1 Å². The van der Waals surface area contributed by atoms with E-state index in [9.17, 15) is 14.9 Å². The van der Waals surface area contributed by atoms with E-state index in [-0.39, 0.29) is 24.1 Å². The Balaban J connectivity index is 2.00. The van der Waals surface area contributed by atoms with Crippen molar-refractivity contribution in [2.24, 2.45) is 0 Å². The van der Waals surface area contributed by atoms with E-state index in [0.717, 1.165) is 11.3 Å². The summed E-state index contributed by atoms with van der Waals surface area (Å²) in [7, 11) is 0. The van der Waals surface area contributed by atoms with Gasteiger partial charge in [0.2, 0.25) is 5.91 Å². The number of rotatable bonds is 7. The minimum Gasteiger partial charge on any atom is -0.494 e. The van der Waals surface area contributed by atoms with Gasteiger partial charge < -0.3 is 10.1 Å². The first-order valence-electron chi connectivity index (χ1n) is 7.75. The van der Waals surface area contributed by atoms with Gasteiger partial charge in [0.15, 0.2) is 0 Å². The first-order chi connectivity index (χ1) is 11.5. The van der Waals surface area contributed by atoms with Crippen molar-refractivity contribution in [2.45, 2.75) is 26.3 Å². The summed E-state index contributed by atoms with van der Waals surface area (Å²) >= 11 is 0. The monoisotopic (exact) mass is 328 g/mol. The molecule has 6 nitrogen and oxygen atoms in total. The van der Waals surface area contributed by atoms with Crippen molar-refractivity contribution in [1.29, 1.82) is 0 Å². The lowest BCUT2D eigenvalue weighted by Crippen LogP contribution is -2.28. The van der Waals surface area contributed by atoms with Crippen LogP contribution in [0.2, 0.25) is 0 Å². The highest BCUT2D eigenvalue weighted by Crippen LogP contribution is 2.20. The lowest BCUT2D eigenvalue weighted by molar-refractivity contribution is -0.385. The van der Waals surface area contributed by atoms with Gasteiger partial charge in [-0.25, -0.2) is 0 Å². The summed E-state index contributed by atoms with van der Waals surface area (Å²) in [5.74, 6) is 0.519. The molecule has 1 atom stereocenters. The zero-order chi connectivity index (χ0) is 17.5. The molecule has 1 amide bonds. The number of nitro groups is 1. The fourth-order valence-electron chi connectivity index (χ4n) is 2.41. The molecular weight excluding hydrogens is 308 g/mol. The van der Waals surface area contributed by atoms with Crippen LogP contribution < -0.4 is 10.1 Å². The Morgan fingerprint density at radius 3 is 2.50 bits per heavy atom. The second kappa shape index (κ2) is 8.10. The van der Waals surface area contributed by atoms with Crippen LogP contribution in [0.4, 0.5) is 5.69 Å². The molecule has 0 aliphatic heterocycles. The number of ether oxygens (including phenoxy) is 1. The molecule has 0 aliphatic carbocycles. The van der Waals surface area contributed by atoms with E-state index < -0.39 is 4.92 Å². The van der Waals surface area contributed by atoms with E-state index in [1.54, 1.807) is 18.2 Å². The minimum atomic E-state index is -0.474. The Labute approximate surface area is 140 Å². The highest BCUT2D eigenvalue weighted by molar-refractivity contribution is 5.80. The average Bonchev–Trinajstić information content (AvgIpc) is 2.56. The first-order valence-corrected chi connectivity index (χ1v) is 7.75. The zero-order valence-electron chi connectivity index (χ0n) is 13.7. The molecule has 0 saturated heterocycles. The van der Waals surface area contributed by atoms with Crippen molar-refractivity contribution >= 4 is 11.6 Å². The number of carbonyl (C=O) groups excluding carboxylic acids is 1. The third-order valence-corrected chi connectivity index (χ3v) is 3.61. The highest BCUT2D eigenvalue weighted by atomic mass is 16.6. The molecule has 6 heteroatoms. The number of para-hydroxylation sites is 1. The Bertz CT molecular complexity index is 713. The molecule has 126 valence electrons. The average molecular weight is 328 g/mol. The SMILES string of the molecule is CCOc1ccc([C@@H](C)NC(=O)Cc2ccccc2[N+](=O)[O-])cc1. The molecule has 0 unspecified atom stereocenters. The number of hydrogen-bond donors (Lipinski definition) is 1. The summed E-state index contributed by atoms with van der Waals surface area (Å²) in [6.07, 6.45) is -0.0292. The predicted octanol–water partition coefficient (Wildman–Crippen LogP) is 3.41. The summed E-state index contributed by atoms with van der Waals surface area (Å²) in [5, 5.41) is 13.9. The number of carbonyl (C=O) groups is 1. The predicted molar refractivity (Wildman–Crippen MR) is 91.0 cm³/mol. The molecule has 2 aromatic carbocycles. The second-order valence-electron chi connectivity index (χ2n) is 5.35. The van der Waals surface area contributed by atoms with Crippen molar-refractivity contribution < 1.29 is 14.5 Å². The van der Waals surface area contributed by atoms with Crippen LogP contribution >= 0.6 is 0 Å². The van der Waals surface area contributed by atoms with Gasteiger partial charge in [0.05, 0.1) is 24.0 Å². The third kappa shape index (κ3) is 4.55. The Hall–Kier alpha value is -2.89. The molecule has 0 bridgehead atoms. The van der Waals surface area contributed by atoms with Gasteiger partial charge in [0.25, 0.3) is 5.69 Å². The van der Waals surface area contributed by atoms with Crippen molar-refractivity contribution in [2.75, 3.05) is 6.61 Å². The van der Waals surface area contributed by atoms with Crippen molar-refractivity contribution in [1.82, 2.24) is 5.32 Å². The molecule has 0 aliphatic rings. The lowest BCUT2D eigenvalue weighted by Gasteiger charge is -2.15. The summed E-state index contributed by atoms with van der Waals surface area (Å²) in [4.78, 5) is 22.7. The van der Waals surface area contributed by atoms with E-state index in [2.05, 4.69) is 5.32 Å². The largest absolute Gasteiger partial charge is 0.494 e. The van der Waals surface area contributed by atoms with Crippen LogP contribution in [0.5, 0.6) is 5.75 Å². The topological polar surface area (TPSA) is 81.5 Å². The van der Waals surface area contributed by atoms with Gasteiger partial charge in [0.1, 0.15) is 5.75 Å². The number of benzene rings is 2. The Kier molecular flexibility index (Phi) is 5.89. The van der Waals surface area contributed by atoms with Crippen LogP contribution in [-0.2, 0) is 11.2 Å². The second-order valence-corrected chi connectivity index (χ2v) is 5.35. The molecule has 2 aromatic rings.